The number of nitrogens with two attached hydrogens (primary N) is 1. The van der Waals surface area contributed by atoms with Gasteiger partial charge in [0.25, 0.3) is 6.47 Å². The molecule has 0 aromatic heterocycles. The van der Waals surface area contributed by atoms with Gasteiger partial charge in [0.15, 0.2) is 0 Å². The molecule has 0 amide bonds. The standard InChI is InChI=1S/C15H21NO3.C3H6O2/c1-9-11(14(17)19-15(2,3)4)7-5-10-6-8-12(16)18-13(9)10;1-2-5-3-4/h5,7,12H,6,8,16H2,1-4H3;3H,2H2,1H3. The Morgan fingerprint density at radius 1 is 1.42 bits per heavy atom. The van der Waals surface area contributed by atoms with E-state index in [9.17, 15) is 9.59 Å². The van der Waals surface area contributed by atoms with Crippen LogP contribution in [0.1, 0.15) is 55.6 Å². The molecule has 0 saturated carbocycles. The van der Waals surface area contributed by atoms with Gasteiger partial charge < -0.3 is 14.2 Å². The summed E-state index contributed by atoms with van der Waals surface area (Å²) in [5.74, 6) is 0.414. The largest absolute Gasteiger partial charge is 0.475 e. The van der Waals surface area contributed by atoms with Crippen molar-refractivity contribution in [3.63, 3.8) is 0 Å². The van der Waals surface area contributed by atoms with Crippen molar-refractivity contribution in [1.82, 2.24) is 0 Å². The van der Waals surface area contributed by atoms with E-state index in [0.29, 0.717) is 18.6 Å². The first-order valence-electron chi connectivity index (χ1n) is 8.03. The van der Waals surface area contributed by atoms with Gasteiger partial charge in [-0.05, 0) is 52.7 Å². The third-order valence-electron chi connectivity index (χ3n) is 3.31. The Morgan fingerprint density at radius 2 is 2.08 bits per heavy atom. The van der Waals surface area contributed by atoms with Crippen molar-refractivity contribution in [3.8, 4) is 5.75 Å². The summed E-state index contributed by atoms with van der Waals surface area (Å²) in [5, 5.41) is 0. The first-order valence-corrected chi connectivity index (χ1v) is 8.03. The third-order valence-corrected chi connectivity index (χ3v) is 3.31. The van der Waals surface area contributed by atoms with Crippen LogP contribution in [0.15, 0.2) is 12.1 Å². The van der Waals surface area contributed by atoms with E-state index < -0.39 is 5.60 Å². The van der Waals surface area contributed by atoms with Crippen molar-refractivity contribution in [1.29, 1.82) is 0 Å². The normalized spacial score (nSPS) is 16.0. The number of rotatable bonds is 3. The molecule has 1 aromatic carbocycles. The molecule has 0 bridgehead atoms. The van der Waals surface area contributed by atoms with Crippen molar-refractivity contribution in [2.45, 2.75) is 59.3 Å². The number of carbonyl (C=O) groups excluding carboxylic acids is 2. The molecule has 1 atom stereocenters. The average Bonchev–Trinajstić information content (AvgIpc) is 2.48. The van der Waals surface area contributed by atoms with E-state index in [-0.39, 0.29) is 12.2 Å². The zero-order valence-corrected chi connectivity index (χ0v) is 15.0. The molecule has 134 valence electrons. The Morgan fingerprint density at radius 3 is 2.58 bits per heavy atom. The first kappa shape index (κ1) is 20.0. The van der Waals surface area contributed by atoms with Crippen LogP contribution in [0.4, 0.5) is 0 Å². The number of aryl methyl sites for hydroxylation is 1. The summed E-state index contributed by atoms with van der Waals surface area (Å²) in [7, 11) is 0. The lowest BCUT2D eigenvalue weighted by atomic mass is 9.98. The zero-order chi connectivity index (χ0) is 18.3. The van der Waals surface area contributed by atoms with E-state index in [4.69, 9.17) is 15.2 Å². The van der Waals surface area contributed by atoms with E-state index in [1.807, 2.05) is 39.8 Å². The van der Waals surface area contributed by atoms with Crippen molar-refractivity contribution in [2.75, 3.05) is 6.61 Å². The minimum Gasteiger partial charge on any atom is -0.475 e. The third kappa shape index (κ3) is 5.85. The maximum absolute atomic E-state index is 12.1. The molecule has 6 heteroatoms. The Labute approximate surface area is 143 Å². The number of esters is 1. The molecule has 0 fully saturated rings. The van der Waals surface area contributed by atoms with E-state index in [1.165, 1.54) is 0 Å². The highest BCUT2D eigenvalue weighted by molar-refractivity contribution is 5.92. The van der Waals surface area contributed by atoms with Gasteiger partial charge in [-0.15, -0.1) is 0 Å². The van der Waals surface area contributed by atoms with Crippen LogP contribution >= 0.6 is 0 Å². The van der Waals surface area contributed by atoms with Crippen LogP contribution in [0.2, 0.25) is 0 Å². The van der Waals surface area contributed by atoms with Gasteiger partial charge in [0.2, 0.25) is 0 Å². The molecule has 0 saturated heterocycles. The van der Waals surface area contributed by atoms with Crippen molar-refractivity contribution >= 4 is 12.4 Å². The van der Waals surface area contributed by atoms with E-state index in [2.05, 4.69) is 4.74 Å². The summed E-state index contributed by atoms with van der Waals surface area (Å²) in [4.78, 5) is 21.3. The minimum absolute atomic E-state index is 0.292. The second-order valence-electron chi connectivity index (χ2n) is 6.47. The number of hydrogen-bond donors (Lipinski definition) is 1. The highest BCUT2D eigenvalue weighted by atomic mass is 16.6. The van der Waals surface area contributed by atoms with E-state index >= 15 is 0 Å². The van der Waals surface area contributed by atoms with Gasteiger partial charge in [-0.2, -0.15) is 0 Å². The minimum atomic E-state index is -0.503. The number of carbonyl (C=O) groups is 2. The van der Waals surface area contributed by atoms with Crippen LogP contribution in [0, 0.1) is 6.92 Å². The highest BCUT2D eigenvalue weighted by Crippen LogP contribution is 2.32. The predicted octanol–water partition coefficient (Wildman–Crippen LogP) is 2.74. The van der Waals surface area contributed by atoms with Crippen molar-refractivity contribution in [2.24, 2.45) is 5.73 Å². The maximum Gasteiger partial charge on any atom is 0.339 e. The van der Waals surface area contributed by atoms with E-state index in [0.717, 1.165) is 29.7 Å². The number of fused-ring (bicyclic) bond motifs is 1. The lowest BCUT2D eigenvalue weighted by Crippen LogP contribution is -2.32. The fraction of sp³-hybridized carbons (Fsp3) is 0.556. The summed E-state index contributed by atoms with van der Waals surface area (Å²) >= 11 is 0. The van der Waals surface area contributed by atoms with Crippen LogP contribution in [-0.4, -0.2) is 30.9 Å². The molecule has 24 heavy (non-hydrogen) atoms. The van der Waals surface area contributed by atoms with Crippen LogP contribution in [0.3, 0.4) is 0 Å². The first-order chi connectivity index (χ1) is 11.2. The monoisotopic (exact) mass is 337 g/mol. The number of hydrogen-bond acceptors (Lipinski definition) is 6. The van der Waals surface area contributed by atoms with Crippen LogP contribution in [-0.2, 0) is 20.7 Å². The lowest BCUT2D eigenvalue weighted by Gasteiger charge is -2.26. The van der Waals surface area contributed by atoms with Gasteiger partial charge in [-0.25, -0.2) is 4.79 Å². The molecular formula is C18H27NO5. The van der Waals surface area contributed by atoms with Crippen LogP contribution < -0.4 is 10.5 Å². The molecule has 1 aliphatic rings. The number of benzene rings is 1. The fourth-order valence-corrected chi connectivity index (χ4v) is 2.24. The van der Waals surface area contributed by atoms with Gasteiger partial charge in [0.1, 0.15) is 17.6 Å². The Balaban J connectivity index is 0.000000505. The van der Waals surface area contributed by atoms with Crippen LogP contribution in [0.25, 0.3) is 0 Å². The Hall–Kier alpha value is -2.08. The molecular weight excluding hydrogens is 310 g/mol. The Bertz CT molecular complexity index is 578. The van der Waals surface area contributed by atoms with E-state index in [1.54, 1.807) is 6.92 Å². The van der Waals surface area contributed by atoms with Gasteiger partial charge in [-0.1, -0.05) is 6.07 Å². The second-order valence-corrected chi connectivity index (χ2v) is 6.47. The second kappa shape index (κ2) is 8.68. The molecule has 1 aromatic rings. The molecule has 0 aliphatic carbocycles. The molecule has 1 heterocycles. The number of ether oxygens (including phenoxy) is 3. The molecule has 1 unspecified atom stereocenters. The smallest absolute Gasteiger partial charge is 0.339 e. The summed E-state index contributed by atoms with van der Waals surface area (Å²) < 4.78 is 15.2. The Kier molecular flexibility index (Phi) is 7.22. The summed E-state index contributed by atoms with van der Waals surface area (Å²) in [5.41, 5.74) is 7.76. The molecule has 0 spiro atoms. The maximum atomic E-state index is 12.1. The lowest BCUT2D eigenvalue weighted by molar-refractivity contribution is -0.128. The molecule has 0 radical (unpaired) electrons. The zero-order valence-electron chi connectivity index (χ0n) is 15.0. The summed E-state index contributed by atoms with van der Waals surface area (Å²) in [6, 6.07) is 3.73. The van der Waals surface area contributed by atoms with Gasteiger partial charge >= 0.3 is 5.97 Å². The molecule has 2 N–H and O–H groups in total. The average molecular weight is 337 g/mol. The van der Waals surface area contributed by atoms with Crippen molar-refractivity contribution < 1.29 is 23.8 Å². The highest BCUT2D eigenvalue weighted by Gasteiger charge is 2.25. The fourth-order valence-electron chi connectivity index (χ4n) is 2.24. The van der Waals surface area contributed by atoms with Gasteiger partial charge in [0, 0.05) is 12.0 Å². The quantitative estimate of drug-likeness (QED) is 0.674. The van der Waals surface area contributed by atoms with Gasteiger partial charge in [0.05, 0.1) is 12.2 Å². The predicted molar refractivity (Wildman–Crippen MR) is 91.0 cm³/mol. The van der Waals surface area contributed by atoms with Crippen molar-refractivity contribution in [3.05, 3.63) is 28.8 Å². The molecule has 2 rings (SSSR count). The summed E-state index contributed by atoms with van der Waals surface area (Å²) in [6.07, 6.45) is 1.39. The van der Waals surface area contributed by atoms with Crippen LogP contribution in [0.5, 0.6) is 5.75 Å². The van der Waals surface area contributed by atoms with Gasteiger partial charge in [-0.3, -0.25) is 10.5 Å². The topological polar surface area (TPSA) is 87.9 Å². The SMILES string of the molecule is CCOC=O.Cc1c(C(=O)OC(C)(C)C)ccc2c1OC(N)CC2. The molecule has 6 nitrogen and oxygen atoms in total. The summed E-state index contributed by atoms with van der Waals surface area (Å²) in [6.45, 7) is 10.1. The molecule has 1 aliphatic heterocycles.